The van der Waals surface area contributed by atoms with Crippen molar-refractivity contribution in [2.75, 3.05) is 6.61 Å². The summed E-state index contributed by atoms with van der Waals surface area (Å²) in [5.74, 6) is -1.03. The molecule has 0 unspecified atom stereocenters. The lowest BCUT2D eigenvalue weighted by atomic mass is 10.0. The summed E-state index contributed by atoms with van der Waals surface area (Å²) in [5, 5.41) is 8.93. The number of esters is 4. The number of benzene rings is 5. The minimum Gasteiger partial charge on any atom is -0.494 e. The second-order valence-corrected chi connectivity index (χ2v) is 15.4. The molecule has 0 spiro atoms. The predicted molar refractivity (Wildman–Crippen MR) is 242 cm³/mol. The van der Waals surface area contributed by atoms with Crippen molar-refractivity contribution >= 4 is 23.9 Å². The van der Waals surface area contributed by atoms with Crippen molar-refractivity contribution in [3.05, 3.63) is 149 Å². The molecule has 0 radical (unpaired) electrons. The molecule has 0 aromatic heterocycles. The number of hydrogen-bond acceptors (Lipinski definition) is 10. The quantitative estimate of drug-likeness (QED) is 0.0300. The van der Waals surface area contributed by atoms with Crippen LogP contribution in [0.3, 0.4) is 0 Å². The molecule has 10 nitrogen and oxygen atoms in total. The summed E-state index contributed by atoms with van der Waals surface area (Å²) in [5.41, 5.74) is 1.36. The van der Waals surface area contributed by atoms with E-state index in [1.165, 1.54) is 181 Å². The summed E-state index contributed by atoms with van der Waals surface area (Å²) in [6, 6.07) is 32.7. The first kappa shape index (κ1) is 47.3. The van der Waals surface area contributed by atoms with Crippen molar-refractivity contribution in [1.82, 2.24) is 0 Å². The van der Waals surface area contributed by atoms with Crippen molar-refractivity contribution in [3.8, 4) is 34.8 Å². The molecule has 328 valence electrons. The fourth-order valence-electron chi connectivity index (χ4n) is 6.79. The second-order valence-electron chi connectivity index (χ2n) is 15.4. The number of unbranched alkanes of at least 4 members (excludes halogenated alkanes) is 15. The van der Waals surface area contributed by atoms with Crippen LogP contribution in [0.1, 0.15) is 157 Å². The molecular formula is C53H57NO9. The smallest absolute Gasteiger partial charge is 0.343 e. The number of nitriles is 1. The molecule has 0 heterocycles. The van der Waals surface area contributed by atoms with E-state index in [4.69, 9.17) is 28.9 Å². The average Bonchev–Trinajstić information content (AvgIpc) is 3.31. The van der Waals surface area contributed by atoms with Gasteiger partial charge in [0, 0.05) is 0 Å². The van der Waals surface area contributed by atoms with Gasteiger partial charge in [-0.1, -0.05) is 109 Å². The molecule has 5 aromatic carbocycles. The highest BCUT2D eigenvalue weighted by Crippen LogP contribution is 2.22. The Bertz CT molecular complexity index is 2230. The first-order valence-corrected chi connectivity index (χ1v) is 22.2. The Balaban J connectivity index is 0.955. The Labute approximate surface area is 371 Å². The Morgan fingerprint density at radius 3 is 1.16 bits per heavy atom. The van der Waals surface area contributed by atoms with E-state index in [2.05, 4.69) is 6.92 Å². The monoisotopic (exact) mass is 851 g/mol. The SMILES string of the molecule is CCCCCCCCCCCCCCCCCCOc1ccc(C(=O)Oc2ccc(C(=O)Oc3cccc(C(=O)Oc4ccc(C(=O)Oc5ccc(C#N)cc5)cc4)c3)cc2)cc1. The molecular weight excluding hydrogens is 795 g/mol. The highest BCUT2D eigenvalue weighted by Gasteiger charge is 2.16. The lowest BCUT2D eigenvalue weighted by Gasteiger charge is -2.09. The third kappa shape index (κ3) is 16.9. The van der Waals surface area contributed by atoms with Crippen LogP contribution in [0.15, 0.2) is 121 Å². The number of carbonyl (C=O) groups is 4. The van der Waals surface area contributed by atoms with E-state index < -0.39 is 23.9 Å². The first-order chi connectivity index (χ1) is 30.8. The maximum atomic E-state index is 12.9. The predicted octanol–water partition coefficient (Wildman–Crippen LogP) is 13.1. The van der Waals surface area contributed by atoms with Crippen LogP contribution < -0.4 is 23.7 Å². The van der Waals surface area contributed by atoms with E-state index in [9.17, 15) is 19.2 Å². The maximum absolute atomic E-state index is 12.9. The Hall–Kier alpha value is -6.73. The number of nitrogens with zero attached hydrogens (tertiary/aromatic N) is 1. The average molecular weight is 852 g/mol. The zero-order valence-electron chi connectivity index (χ0n) is 36.2. The zero-order chi connectivity index (χ0) is 44.5. The largest absolute Gasteiger partial charge is 0.494 e. The van der Waals surface area contributed by atoms with Gasteiger partial charge in [-0.3, -0.25) is 0 Å². The Morgan fingerprint density at radius 1 is 0.397 bits per heavy atom. The summed E-state index contributed by atoms with van der Waals surface area (Å²) in [4.78, 5) is 51.2. The van der Waals surface area contributed by atoms with Gasteiger partial charge >= 0.3 is 23.9 Å². The second kappa shape index (κ2) is 26.6. The van der Waals surface area contributed by atoms with E-state index in [-0.39, 0.29) is 39.7 Å². The maximum Gasteiger partial charge on any atom is 0.343 e. The molecule has 0 aliphatic carbocycles. The summed E-state index contributed by atoms with van der Waals surface area (Å²) in [7, 11) is 0. The van der Waals surface area contributed by atoms with Gasteiger partial charge in [-0.25, -0.2) is 19.2 Å². The van der Waals surface area contributed by atoms with E-state index in [0.717, 1.165) is 12.8 Å². The van der Waals surface area contributed by atoms with Gasteiger partial charge in [0.25, 0.3) is 0 Å². The van der Waals surface area contributed by atoms with Gasteiger partial charge in [0.05, 0.1) is 40.5 Å². The molecule has 0 fully saturated rings. The number of hydrogen-bond donors (Lipinski definition) is 0. The number of ether oxygens (including phenoxy) is 5. The van der Waals surface area contributed by atoms with E-state index >= 15 is 0 Å². The molecule has 0 atom stereocenters. The molecule has 0 N–H and O–H groups in total. The Kier molecular flexibility index (Phi) is 20.0. The molecule has 5 rings (SSSR count). The molecule has 0 saturated carbocycles. The Morgan fingerprint density at radius 2 is 0.746 bits per heavy atom. The third-order valence-electron chi connectivity index (χ3n) is 10.4. The molecule has 63 heavy (non-hydrogen) atoms. The topological polar surface area (TPSA) is 138 Å². The lowest BCUT2D eigenvalue weighted by molar-refractivity contribution is 0.0712. The van der Waals surface area contributed by atoms with E-state index in [1.807, 2.05) is 6.07 Å². The lowest BCUT2D eigenvalue weighted by Crippen LogP contribution is -2.12. The van der Waals surface area contributed by atoms with Gasteiger partial charge in [0.1, 0.15) is 28.7 Å². The van der Waals surface area contributed by atoms with Crippen LogP contribution in [0.2, 0.25) is 0 Å². The van der Waals surface area contributed by atoms with Crippen molar-refractivity contribution in [2.24, 2.45) is 0 Å². The van der Waals surface area contributed by atoms with Crippen molar-refractivity contribution < 1.29 is 42.9 Å². The molecule has 5 aromatic rings. The molecule has 0 saturated heterocycles. The molecule has 10 heteroatoms. The summed E-state index contributed by atoms with van der Waals surface area (Å²) in [6.45, 7) is 2.90. The number of carbonyl (C=O) groups excluding carboxylic acids is 4. The van der Waals surface area contributed by atoms with Gasteiger partial charge < -0.3 is 23.7 Å². The molecule has 0 aliphatic rings. The normalized spacial score (nSPS) is 10.7. The van der Waals surface area contributed by atoms with Crippen LogP contribution in [0.5, 0.6) is 28.7 Å². The minimum atomic E-state index is -0.709. The van der Waals surface area contributed by atoms with Crippen LogP contribution in [-0.4, -0.2) is 30.5 Å². The standard InChI is InChI=1S/C53H57NO9/c1-2-3-4-5-6-7-8-9-10-11-12-13-14-15-16-17-37-59-45-31-23-41(24-32-45)50(55)61-47-33-27-43(28-34-47)52(57)63-49-20-18-19-44(38-49)53(58)62-48-35-25-42(26-36-48)51(56)60-46-29-21-40(39-54)22-30-46/h18-36,38H,2-17,37H2,1H3. The van der Waals surface area contributed by atoms with Gasteiger partial charge in [0.2, 0.25) is 0 Å². The van der Waals surface area contributed by atoms with Gasteiger partial charge in [-0.15, -0.1) is 0 Å². The summed E-state index contributed by atoms with van der Waals surface area (Å²) < 4.78 is 27.7. The van der Waals surface area contributed by atoms with Gasteiger partial charge in [-0.05, 0) is 122 Å². The van der Waals surface area contributed by atoms with Crippen LogP contribution in [0.25, 0.3) is 0 Å². The fourth-order valence-corrected chi connectivity index (χ4v) is 6.79. The fraction of sp³-hybridized carbons (Fsp3) is 0.340. The summed E-state index contributed by atoms with van der Waals surface area (Å²) in [6.07, 6.45) is 21.2. The highest BCUT2D eigenvalue weighted by molar-refractivity contribution is 5.95. The van der Waals surface area contributed by atoms with Crippen molar-refractivity contribution in [2.45, 2.75) is 110 Å². The first-order valence-electron chi connectivity index (χ1n) is 22.2. The van der Waals surface area contributed by atoms with Gasteiger partial charge in [-0.2, -0.15) is 5.26 Å². The van der Waals surface area contributed by atoms with Crippen LogP contribution in [0.4, 0.5) is 0 Å². The van der Waals surface area contributed by atoms with Crippen LogP contribution in [0, 0.1) is 11.3 Å². The summed E-state index contributed by atoms with van der Waals surface area (Å²) >= 11 is 0. The third-order valence-corrected chi connectivity index (χ3v) is 10.4. The highest BCUT2D eigenvalue weighted by atomic mass is 16.5. The van der Waals surface area contributed by atoms with E-state index in [0.29, 0.717) is 23.5 Å². The van der Waals surface area contributed by atoms with Crippen LogP contribution >= 0.6 is 0 Å². The molecule has 0 amide bonds. The van der Waals surface area contributed by atoms with Crippen LogP contribution in [-0.2, 0) is 0 Å². The molecule has 0 aliphatic heterocycles. The number of rotatable bonds is 26. The van der Waals surface area contributed by atoms with Gasteiger partial charge in [0.15, 0.2) is 0 Å². The van der Waals surface area contributed by atoms with E-state index in [1.54, 1.807) is 30.3 Å². The molecule has 0 bridgehead atoms. The van der Waals surface area contributed by atoms with Crippen molar-refractivity contribution in [3.63, 3.8) is 0 Å². The van der Waals surface area contributed by atoms with Crippen molar-refractivity contribution in [1.29, 1.82) is 5.26 Å². The zero-order valence-corrected chi connectivity index (χ0v) is 36.2. The minimum absolute atomic E-state index is 0.114.